The van der Waals surface area contributed by atoms with Crippen molar-refractivity contribution in [2.24, 2.45) is 16.4 Å². The first kappa shape index (κ1) is 16.4. The third-order valence-corrected chi connectivity index (χ3v) is 4.04. The highest BCUT2D eigenvalue weighted by molar-refractivity contribution is 6.07. The van der Waals surface area contributed by atoms with Crippen molar-refractivity contribution < 1.29 is 13.2 Å². The number of hydrogen-bond acceptors (Lipinski definition) is 4. The Balaban J connectivity index is 1.95. The van der Waals surface area contributed by atoms with Crippen LogP contribution in [0, 0.1) is 5.41 Å². The van der Waals surface area contributed by atoms with Crippen molar-refractivity contribution in [2.45, 2.75) is 32.9 Å². The molecule has 2 aromatic rings. The molecule has 0 atom stereocenters. The normalized spacial score (nSPS) is 18.5. The van der Waals surface area contributed by atoms with E-state index in [1.165, 1.54) is 6.07 Å². The molecule has 5 nitrogen and oxygen atoms in total. The number of aromatic nitrogens is 2. The second-order valence-corrected chi connectivity index (χ2v) is 6.72. The molecule has 0 spiro atoms. The molecule has 1 heterocycles. The molecule has 24 heavy (non-hydrogen) atoms. The van der Waals surface area contributed by atoms with Crippen molar-refractivity contribution in [2.75, 3.05) is 5.32 Å². The Hall–Kier alpha value is -2.51. The molecule has 0 saturated heterocycles. The van der Waals surface area contributed by atoms with Gasteiger partial charge in [-0.1, -0.05) is 19.9 Å². The van der Waals surface area contributed by atoms with Crippen LogP contribution in [0.4, 0.5) is 24.7 Å². The monoisotopic (exact) mass is 337 g/mol. The molecule has 1 aliphatic carbocycles. The Morgan fingerprint density at radius 1 is 1.29 bits per heavy atom. The van der Waals surface area contributed by atoms with Crippen LogP contribution in [-0.2, 0) is 12.6 Å². The van der Waals surface area contributed by atoms with Gasteiger partial charge in [0, 0.05) is 11.4 Å². The first-order valence-corrected chi connectivity index (χ1v) is 7.48. The van der Waals surface area contributed by atoms with Crippen molar-refractivity contribution in [3.63, 3.8) is 0 Å². The quantitative estimate of drug-likeness (QED) is 0.576. The zero-order valence-corrected chi connectivity index (χ0v) is 13.3. The summed E-state index contributed by atoms with van der Waals surface area (Å²) in [6, 6.07) is 4.99. The molecule has 128 valence electrons. The van der Waals surface area contributed by atoms with Crippen molar-refractivity contribution >= 4 is 17.2 Å². The van der Waals surface area contributed by atoms with Gasteiger partial charge in [0.05, 0.1) is 16.8 Å². The van der Waals surface area contributed by atoms with Gasteiger partial charge in [0.2, 0.25) is 0 Å². The predicted octanol–water partition coefficient (Wildman–Crippen LogP) is 3.81. The number of hydrogen-bond donors (Lipinski definition) is 3. The molecule has 0 fully saturated rings. The first-order chi connectivity index (χ1) is 11.2. The number of H-pyrrole nitrogens is 1. The number of nitrogens with two attached hydrogens (primary N) is 1. The highest BCUT2D eigenvalue weighted by atomic mass is 19.4. The van der Waals surface area contributed by atoms with Crippen LogP contribution in [0.2, 0.25) is 0 Å². The van der Waals surface area contributed by atoms with Gasteiger partial charge in [-0.15, -0.1) is 0 Å². The SMILES string of the molecule is CC1(C)CC(=NN)c2c(Nc3cccc(C(F)(F)F)c3)n[nH]c2C1. The van der Waals surface area contributed by atoms with Crippen LogP contribution in [-0.4, -0.2) is 15.9 Å². The molecule has 4 N–H and O–H groups in total. The summed E-state index contributed by atoms with van der Waals surface area (Å²) in [5.41, 5.74) is 1.89. The minimum atomic E-state index is -4.39. The molecule has 1 aliphatic rings. The lowest BCUT2D eigenvalue weighted by Crippen LogP contribution is -2.28. The van der Waals surface area contributed by atoms with E-state index in [4.69, 9.17) is 5.84 Å². The van der Waals surface area contributed by atoms with E-state index in [1.807, 2.05) is 0 Å². The fraction of sp³-hybridized carbons (Fsp3) is 0.375. The van der Waals surface area contributed by atoms with E-state index in [9.17, 15) is 13.2 Å². The van der Waals surface area contributed by atoms with E-state index < -0.39 is 11.7 Å². The van der Waals surface area contributed by atoms with Gasteiger partial charge >= 0.3 is 6.18 Å². The van der Waals surface area contributed by atoms with E-state index >= 15 is 0 Å². The van der Waals surface area contributed by atoms with Gasteiger partial charge in [0.15, 0.2) is 5.82 Å². The number of aromatic amines is 1. The smallest absolute Gasteiger partial charge is 0.338 e. The molecular weight excluding hydrogens is 319 g/mol. The molecule has 0 aliphatic heterocycles. The van der Waals surface area contributed by atoms with E-state index in [0.717, 1.165) is 29.8 Å². The summed E-state index contributed by atoms with van der Waals surface area (Å²) in [4.78, 5) is 0. The summed E-state index contributed by atoms with van der Waals surface area (Å²) < 4.78 is 38.5. The summed E-state index contributed by atoms with van der Waals surface area (Å²) in [7, 11) is 0. The Bertz CT molecular complexity index is 789. The van der Waals surface area contributed by atoms with Crippen LogP contribution < -0.4 is 11.2 Å². The molecule has 3 rings (SSSR count). The first-order valence-electron chi connectivity index (χ1n) is 7.48. The molecule has 0 radical (unpaired) electrons. The summed E-state index contributed by atoms with van der Waals surface area (Å²) in [5, 5.41) is 13.9. The van der Waals surface area contributed by atoms with E-state index in [-0.39, 0.29) is 5.41 Å². The predicted molar refractivity (Wildman–Crippen MR) is 86.1 cm³/mol. The molecule has 0 saturated carbocycles. The fourth-order valence-electron chi connectivity index (χ4n) is 3.01. The van der Waals surface area contributed by atoms with Crippen LogP contribution in [0.5, 0.6) is 0 Å². The minimum absolute atomic E-state index is 0.00872. The lowest BCUT2D eigenvalue weighted by Gasteiger charge is -2.29. The van der Waals surface area contributed by atoms with Gasteiger partial charge in [0.25, 0.3) is 0 Å². The second kappa shape index (κ2) is 5.54. The number of nitrogens with zero attached hydrogens (tertiary/aromatic N) is 2. The Morgan fingerprint density at radius 3 is 2.71 bits per heavy atom. The van der Waals surface area contributed by atoms with E-state index in [2.05, 4.69) is 34.5 Å². The Labute approximate surface area is 137 Å². The number of halogens is 3. The zero-order valence-electron chi connectivity index (χ0n) is 13.3. The number of benzene rings is 1. The average molecular weight is 337 g/mol. The number of rotatable bonds is 2. The third kappa shape index (κ3) is 3.08. The Kier molecular flexibility index (Phi) is 3.77. The highest BCUT2D eigenvalue weighted by Gasteiger charge is 2.34. The van der Waals surface area contributed by atoms with Crippen molar-refractivity contribution in [3.8, 4) is 0 Å². The fourth-order valence-corrected chi connectivity index (χ4v) is 3.01. The van der Waals surface area contributed by atoms with Crippen LogP contribution in [0.15, 0.2) is 29.4 Å². The van der Waals surface area contributed by atoms with Crippen LogP contribution in [0.1, 0.15) is 37.1 Å². The van der Waals surface area contributed by atoms with Gasteiger partial charge < -0.3 is 11.2 Å². The summed E-state index contributed by atoms with van der Waals surface area (Å²) in [6.07, 6.45) is -2.96. The van der Waals surface area contributed by atoms with Crippen LogP contribution in [0.25, 0.3) is 0 Å². The zero-order chi connectivity index (χ0) is 17.5. The maximum Gasteiger partial charge on any atom is 0.416 e. The van der Waals surface area contributed by atoms with Gasteiger partial charge in [-0.3, -0.25) is 5.10 Å². The summed E-state index contributed by atoms with van der Waals surface area (Å²) >= 11 is 0. The van der Waals surface area contributed by atoms with Crippen molar-refractivity contribution in [1.82, 2.24) is 10.2 Å². The topological polar surface area (TPSA) is 79.1 Å². The van der Waals surface area contributed by atoms with E-state index in [1.54, 1.807) is 6.07 Å². The van der Waals surface area contributed by atoms with Crippen LogP contribution in [0.3, 0.4) is 0 Å². The lowest BCUT2D eigenvalue weighted by molar-refractivity contribution is -0.137. The third-order valence-electron chi connectivity index (χ3n) is 4.04. The maximum atomic E-state index is 12.8. The molecule has 0 amide bonds. The molecular formula is C16H18F3N5. The Morgan fingerprint density at radius 2 is 2.04 bits per heavy atom. The molecule has 1 aromatic heterocycles. The van der Waals surface area contributed by atoms with Crippen molar-refractivity contribution in [1.29, 1.82) is 0 Å². The number of alkyl halides is 3. The second-order valence-electron chi connectivity index (χ2n) is 6.72. The molecule has 0 bridgehead atoms. The molecule has 0 unspecified atom stereocenters. The number of nitrogens with one attached hydrogen (secondary N) is 2. The standard InChI is InChI=1S/C16H18F3N5/c1-15(2)7-11(22-20)13-12(8-15)23-24-14(13)21-10-5-3-4-9(6-10)16(17,18)19/h3-6H,7-8,20H2,1-2H3,(H2,21,23,24). The molecule has 8 heteroatoms. The summed E-state index contributed by atoms with van der Waals surface area (Å²) in [5.74, 6) is 5.95. The largest absolute Gasteiger partial charge is 0.416 e. The minimum Gasteiger partial charge on any atom is -0.338 e. The van der Waals surface area contributed by atoms with Crippen molar-refractivity contribution in [3.05, 3.63) is 41.1 Å². The van der Waals surface area contributed by atoms with Gasteiger partial charge in [-0.05, 0) is 36.5 Å². The average Bonchev–Trinajstić information content (AvgIpc) is 2.87. The van der Waals surface area contributed by atoms with Gasteiger partial charge in [-0.25, -0.2) is 0 Å². The van der Waals surface area contributed by atoms with Gasteiger partial charge in [0.1, 0.15) is 0 Å². The van der Waals surface area contributed by atoms with Gasteiger partial charge in [-0.2, -0.15) is 23.4 Å². The molecule has 1 aromatic carbocycles. The lowest BCUT2D eigenvalue weighted by atomic mass is 9.75. The maximum absolute atomic E-state index is 12.8. The number of anilines is 2. The summed E-state index contributed by atoms with van der Waals surface area (Å²) in [6.45, 7) is 4.20. The highest BCUT2D eigenvalue weighted by Crippen LogP contribution is 2.38. The number of fused-ring (bicyclic) bond motifs is 1. The van der Waals surface area contributed by atoms with E-state index in [0.29, 0.717) is 23.6 Å². The number of hydrazone groups is 1. The van der Waals surface area contributed by atoms with Crippen LogP contribution >= 0.6 is 0 Å².